The lowest BCUT2D eigenvalue weighted by atomic mass is 9.99. The summed E-state index contributed by atoms with van der Waals surface area (Å²) >= 11 is 13.1. The summed E-state index contributed by atoms with van der Waals surface area (Å²) < 4.78 is 0. The second kappa shape index (κ2) is 10.9. The van der Waals surface area contributed by atoms with Crippen molar-refractivity contribution in [1.82, 2.24) is 25.3 Å². The van der Waals surface area contributed by atoms with E-state index in [1.165, 1.54) is 11.8 Å². The van der Waals surface area contributed by atoms with Gasteiger partial charge < -0.3 is 15.5 Å². The van der Waals surface area contributed by atoms with Gasteiger partial charge in [-0.3, -0.25) is 0 Å². The summed E-state index contributed by atoms with van der Waals surface area (Å²) in [4.78, 5) is 20.2. The Bertz CT molecular complexity index is 1060. The van der Waals surface area contributed by atoms with E-state index in [9.17, 15) is 0 Å². The van der Waals surface area contributed by atoms with Gasteiger partial charge in [-0.25, -0.2) is 15.0 Å². The number of halogens is 1. The molecule has 7 nitrogen and oxygen atoms in total. The zero-order valence-corrected chi connectivity index (χ0v) is 20.1. The Morgan fingerprint density at radius 2 is 1.91 bits per heavy atom. The molecule has 0 atom stereocenters. The van der Waals surface area contributed by atoms with Crippen molar-refractivity contribution in [3.8, 4) is 0 Å². The molecular weight excluding hydrogens is 462 g/mol. The van der Waals surface area contributed by atoms with Gasteiger partial charge in [0.25, 0.3) is 0 Å². The molecule has 0 bridgehead atoms. The average molecular weight is 486 g/mol. The van der Waals surface area contributed by atoms with E-state index in [1.807, 2.05) is 30.3 Å². The Hall–Kier alpha value is -2.49. The van der Waals surface area contributed by atoms with Crippen molar-refractivity contribution >= 4 is 52.5 Å². The minimum atomic E-state index is 0.432. The number of thiocarbonyl (C=S) groups is 1. The fraction of sp³-hybridized carbons (Fsp3) is 0.318. The average Bonchev–Trinajstić information content (AvgIpc) is 2.79. The summed E-state index contributed by atoms with van der Waals surface area (Å²) in [6.45, 7) is 4.74. The van der Waals surface area contributed by atoms with Crippen LogP contribution in [-0.4, -0.2) is 38.1 Å². The molecule has 0 amide bonds. The van der Waals surface area contributed by atoms with Crippen molar-refractivity contribution in [2.75, 3.05) is 23.3 Å². The zero-order chi connectivity index (χ0) is 22.3. The molecule has 2 N–H and O–H groups in total. The van der Waals surface area contributed by atoms with Crippen LogP contribution in [0.2, 0.25) is 5.02 Å². The Kier molecular flexibility index (Phi) is 7.72. The number of nitrogens with one attached hydrogen (secondary N) is 2. The molecule has 166 valence electrons. The van der Waals surface area contributed by atoms with Crippen molar-refractivity contribution in [3.63, 3.8) is 0 Å². The summed E-state index contributed by atoms with van der Waals surface area (Å²) in [5.41, 5.74) is 0.966. The Morgan fingerprint density at radius 1 is 1.16 bits per heavy atom. The van der Waals surface area contributed by atoms with Crippen LogP contribution in [0.3, 0.4) is 0 Å². The van der Waals surface area contributed by atoms with Gasteiger partial charge >= 0.3 is 0 Å². The van der Waals surface area contributed by atoms with Crippen LogP contribution in [0, 0.1) is 5.92 Å². The SMILES string of the molecule is CC1CCN(c2cc(Sc3ncccn3)nc(NC(=S)NCc3ccccc3Cl)n2)CC1. The number of piperidine rings is 1. The molecule has 3 heterocycles. The van der Waals surface area contributed by atoms with Gasteiger partial charge in [0.2, 0.25) is 5.95 Å². The van der Waals surface area contributed by atoms with Crippen molar-refractivity contribution < 1.29 is 0 Å². The highest BCUT2D eigenvalue weighted by Gasteiger charge is 2.19. The molecule has 2 aromatic heterocycles. The number of aromatic nitrogens is 4. The van der Waals surface area contributed by atoms with Gasteiger partial charge in [0.05, 0.1) is 0 Å². The number of anilines is 2. The third-order valence-corrected chi connectivity index (χ3v) is 6.58. The summed E-state index contributed by atoms with van der Waals surface area (Å²) in [7, 11) is 0. The van der Waals surface area contributed by atoms with Crippen LogP contribution in [0.5, 0.6) is 0 Å². The monoisotopic (exact) mass is 485 g/mol. The van der Waals surface area contributed by atoms with Crippen molar-refractivity contribution in [2.45, 2.75) is 36.5 Å². The molecule has 1 aliphatic heterocycles. The highest BCUT2D eigenvalue weighted by atomic mass is 35.5. The number of benzene rings is 1. The molecule has 4 rings (SSSR count). The minimum Gasteiger partial charge on any atom is -0.358 e. The van der Waals surface area contributed by atoms with E-state index in [-0.39, 0.29) is 0 Å². The van der Waals surface area contributed by atoms with Crippen molar-refractivity contribution in [1.29, 1.82) is 0 Å². The number of hydrogen-bond donors (Lipinski definition) is 2. The molecule has 1 aliphatic rings. The fourth-order valence-electron chi connectivity index (χ4n) is 3.32. The largest absolute Gasteiger partial charge is 0.358 e. The molecule has 0 aliphatic carbocycles. The lowest BCUT2D eigenvalue weighted by Gasteiger charge is -2.31. The fourth-order valence-corrected chi connectivity index (χ4v) is 4.39. The molecule has 0 radical (unpaired) electrons. The van der Waals surface area contributed by atoms with Crippen LogP contribution in [0.1, 0.15) is 25.3 Å². The normalized spacial score (nSPS) is 14.2. The molecule has 32 heavy (non-hydrogen) atoms. The number of rotatable bonds is 6. The molecule has 1 saturated heterocycles. The molecule has 1 fully saturated rings. The first-order valence-electron chi connectivity index (χ1n) is 10.4. The predicted molar refractivity (Wildman–Crippen MR) is 133 cm³/mol. The second-order valence-corrected chi connectivity index (χ2v) is 9.39. The van der Waals surface area contributed by atoms with Crippen LogP contribution in [0.15, 0.2) is 59.0 Å². The van der Waals surface area contributed by atoms with E-state index in [0.29, 0.717) is 27.8 Å². The summed E-state index contributed by atoms with van der Waals surface area (Å²) in [6, 6.07) is 11.4. The highest BCUT2D eigenvalue weighted by molar-refractivity contribution is 7.99. The van der Waals surface area contributed by atoms with Gasteiger partial charge in [-0.2, -0.15) is 4.98 Å². The van der Waals surface area contributed by atoms with Gasteiger partial charge in [0.15, 0.2) is 10.3 Å². The second-order valence-electron chi connectivity index (χ2n) is 7.59. The predicted octanol–water partition coefficient (Wildman–Crippen LogP) is 4.79. The topological polar surface area (TPSA) is 78.9 Å². The van der Waals surface area contributed by atoms with E-state index in [0.717, 1.165) is 48.3 Å². The van der Waals surface area contributed by atoms with Crippen LogP contribution in [0.25, 0.3) is 0 Å². The standard InChI is InChI=1S/C22H24ClN7S2/c1-15-7-11-30(12-8-15)18-13-19(32-22-24-9-4-10-25-22)28-20(27-18)29-21(31)26-14-16-5-2-3-6-17(16)23/h2-6,9-10,13,15H,7-8,11-12,14H2,1H3,(H2,26,27,28,29,31). The smallest absolute Gasteiger partial charge is 0.232 e. The first-order valence-corrected chi connectivity index (χ1v) is 12.0. The van der Waals surface area contributed by atoms with Crippen LogP contribution >= 0.6 is 35.6 Å². The lowest BCUT2D eigenvalue weighted by molar-refractivity contribution is 0.436. The first kappa shape index (κ1) is 22.7. The maximum Gasteiger partial charge on any atom is 0.232 e. The third-order valence-electron chi connectivity index (χ3n) is 5.16. The molecule has 0 unspecified atom stereocenters. The maximum absolute atomic E-state index is 6.23. The Labute approximate surface area is 202 Å². The van der Waals surface area contributed by atoms with Crippen LogP contribution in [-0.2, 0) is 6.54 Å². The quantitative estimate of drug-likeness (QED) is 0.291. The maximum atomic E-state index is 6.23. The van der Waals surface area contributed by atoms with Gasteiger partial charge in [-0.05, 0) is 60.4 Å². The molecule has 3 aromatic rings. The van der Waals surface area contributed by atoms with E-state index in [2.05, 4.69) is 37.4 Å². The lowest BCUT2D eigenvalue weighted by Crippen LogP contribution is -2.34. The molecule has 10 heteroatoms. The van der Waals surface area contributed by atoms with Crippen LogP contribution in [0.4, 0.5) is 11.8 Å². The van der Waals surface area contributed by atoms with Crippen molar-refractivity contribution in [2.24, 2.45) is 5.92 Å². The molecular formula is C22H24ClN7S2. The summed E-state index contributed by atoms with van der Waals surface area (Å²) in [5.74, 6) is 2.05. The zero-order valence-electron chi connectivity index (χ0n) is 17.7. The molecule has 1 aromatic carbocycles. The minimum absolute atomic E-state index is 0.432. The third kappa shape index (κ3) is 6.27. The van der Waals surface area contributed by atoms with E-state index in [4.69, 9.17) is 28.8 Å². The summed E-state index contributed by atoms with van der Waals surface area (Å²) in [6.07, 6.45) is 5.73. The first-order chi connectivity index (χ1) is 15.6. The molecule has 0 saturated carbocycles. The summed E-state index contributed by atoms with van der Waals surface area (Å²) in [5, 5.41) is 8.82. The van der Waals surface area contributed by atoms with Gasteiger partial charge in [-0.15, -0.1) is 0 Å². The van der Waals surface area contributed by atoms with Gasteiger partial charge in [-0.1, -0.05) is 36.7 Å². The number of hydrogen-bond acceptors (Lipinski definition) is 7. The van der Waals surface area contributed by atoms with Crippen LogP contribution < -0.4 is 15.5 Å². The van der Waals surface area contributed by atoms with Gasteiger partial charge in [0.1, 0.15) is 10.8 Å². The number of nitrogens with zero attached hydrogens (tertiary/aromatic N) is 5. The van der Waals surface area contributed by atoms with E-state index in [1.54, 1.807) is 18.5 Å². The van der Waals surface area contributed by atoms with Gasteiger partial charge in [0, 0.05) is 43.1 Å². The Morgan fingerprint density at radius 3 is 2.66 bits per heavy atom. The molecule has 0 spiro atoms. The van der Waals surface area contributed by atoms with E-state index < -0.39 is 0 Å². The Balaban J connectivity index is 1.50. The highest BCUT2D eigenvalue weighted by Crippen LogP contribution is 2.29. The van der Waals surface area contributed by atoms with Crippen molar-refractivity contribution in [3.05, 3.63) is 59.4 Å². The van der Waals surface area contributed by atoms with E-state index >= 15 is 0 Å².